The summed E-state index contributed by atoms with van der Waals surface area (Å²) in [5, 5.41) is 15.2. The molecular weight excluding hydrogens is 410 g/mol. The zero-order valence-corrected chi connectivity index (χ0v) is 15.6. The van der Waals surface area contributed by atoms with Crippen LogP contribution in [0.4, 0.5) is 5.69 Å². The van der Waals surface area contributed by atoms with Gasteiger partial charge in [-0.1, -0.05) is 6.07 Å². The molecule has 0 spiro atoms. The van der Waals surface area contributed by atoms with E-state index in [0.29, 0.717) is 11.5 Å². The third-order valence-corrected chi connectivity index (χ3v) is 4.14. The number of furan rings is 1. The van der Waals surface area contributed by atoms with E-state index in [2.05, 4.69) is 10.5 Å². The van der Waals surface area contributed by atoms with E-state index in [1.54, 1.807) is 0 Å². The lowest BCUT2D eigenvalue weighted by atomic mass is 10.1. The second-order valence-electron chi connectivity index (χ2n) is 6.09. The first-order chi connectivity index (χ1) is 15.0. The molecule has 1 aromatic heterocycles. The predicted octanol–water partition coefficient (Wildman–Crippen LogP) is 2.90. The molecule has 156 valence electrons. The molecule has 0 bridgehead atoms. The Morgan fingerprint density at radius 3 is 2.74 bits per heavy atom. The smallest absolute Gasteiger partial charge is 0.343 e. The second kappa shape index (κ2) is 8.37. The number of rotatable bonds is 6. The third-order valence-electron chi connectivity index (χ3n) is 4.14. The molecule has 3 aromatic rings. The van der Waals surface area contributed by atoms with Gasteiger partial charge in [-0.2, -0.15) is 5.10 Å². The Balaban J connectivity index is 1.58. The Morgan fingerprint density at radius 2 is 1.97 bits per heavy atom. The van der Waals surface area contributed by atoms with Crippen molar-refractivity contribution in [1.82, 2.24) is 5.43 Å². The summed E-state index contributed by atoms with van der Waals surface area (Å²) >= 11 is 0. The molecule has 0 fully saturated rings. The van der Waals surface area contributed by atoms with Gasteiger partial charge in [-0.15, -0.1) is 0 Å². The van der Waals surface area contributed by atoms with E-state index in [0.717, 1.165) is 6.21 Å². The quantitative estimate of drug-likeness (QED) is 0.210. The second-order valence-corrected chi connectivity index (χ2v) is 6.09. The Hall–Kier alpha value is -4.67. The number of carbonyl (C=O) groups is 2. The lowest BCUT2D eigenvalue weighted by molar-refractivity contribution is -0.385. The van der Waals surface area contributed by atoms with Crippen molar-refractivity contribution >= 4 is 23.8 Å². The van der Waals surface area contributed by atoms with Crippen molar-refractivity contribution in [3.05, 3.63) is 81.8 Å². The van der Waals surface area contributed by atoms with Gasteiger partial charge in [0.2, 0.25) is 12.5 Å². The van der Waals surface area contributed by atoms with Gasteiger partial charge in [0.1, 0.15) is 0 Å². The molecule has 4 rings (SSSR count). The molecule has 1 aliphatic rings. The predicted molar refractivity (Wildman–Crippen MR) is 104 cm³/mol. The topological polar surface area (TPSA) is 142 Å². The zero-order valence-electron chi connectivity index (χ0n) is 15.6. The standard InChI is InChI=1S/C20H13N3O8/c24-19(16-5-2-8-28-16)22-21-10-13-3-1-4-14(23(26)27)18(13)31-20(25)12-6-7-15-17(9-12)30-11-29-15/h1-10H,11H2,(H,22,24)/b21-10-. The highest BCUT2D eigenvalue weighted by atomic mass is 16.7. The van der Waals surface area contributed by atoms with Crippen molar-refractivity contribution < 1.29 is 33.1 Å². The van der Waals surface area contributed by atoms with E-state index in [1.807, 2.05) is 0 Å². The largest absolute Gasteiger partial charge is 0.459 e. The minimum atomic E-state index is -0.845. The minimum absolute atomic E-state index is 0.0301. The summed E-state index contributed by atoms with van der Waals surface area (Å²) in [6.45, 7) is 0.0301. The van der Waals surface area contributed by atoms with Gasteiger partial charge in [0, 0.05) is 11.6 Å². The van der Waals surface area contributed by atoms with Gasteiger partial charge < -0.3 is 18.6 Å². The minimum Gasteiger partial charge on any atom is -0.459 e. The SMILES string of the molecule is O=C(Oc1c(/C=N\NC(=O)c2ccco2)cccc1[N+](=O)[O-])c1ccc2c(c1)OCO2. The summed E-state index contributed by atoms with van der Waals surface area (Å²) in [5.74, 6) is -0.925. The van der Waals surface area contributed by atoms with Crippen LogP contribution in [0.3, 0.4) is 0 Å². The van der Waals surface area contributed by atoms with Crippen LogP contribution in [0.1, 0.15) is 26.5 Å². The summed E-state index contributed by atoms with van der Waals surface area (Å²) in [7, 11) is 0. The number of ether oxygens (including phenoxy) is 3. The molecule has 11 heteroatoms. The van der Waals surface area contributed by atoms with Crippen LogP contribution in [0.5, 0.6) is 17.2 Å². The summed E-state index contributed by atoms with van der Waals surface area (Å²) in [5.41, 5.74) is 1.98. The van der Waals surface area contributed by atoms with Gasteiger partial charge in [0.25, 0.3) is 0 Å². The van der Waals surface area contributed by atoms with E-state index in [4.69, 9.17) is 18.6 Å². The average Bonchev–Trinajstić information content (AvgIpc) is 3.46. The van der Waals surface area contributed by atoms with Crippen molar-refractivity contribution in [2.45, 2.75) is 0 Å². The monoisotopic (exact) mass is 423 g/mol. The van der Waals surface area contributed by atoms with Crippen LogP contribution in [-0.2, 0) is 0 Å². The van der Waals surface area contributed by atoms with Gasteiger partial charge in [0.05, 0.1) is 23.0 Å². The van der Waals surface area contributed by atoms with Gasteiger partial charge in [-0.3, -0.25) is 14.9 Å². The highest BCUT2D eigenvalue weighted by Gasteiger charge is 2.24. The lowest BCUT2D eigenvalue weighted by Crippen LogP contribution is -2.17. The average molecular weight is 423 g/mol. The molecule has 1 N–H and O–H groups in total. The number of amides is 1. The number of nitrogens with zero attached hydrogens (tertiary/aromatic N) is 2. The first-order valence-electron chi connectivity index (χ1n) is 8.79. The molecule has 11 nitrogen and oxygen atoms in total. The number of hydrogen-bond acceptors (Lipinski definition) is 9. The third kappa shape index (κ3) is 4.19. The molecule has 0 unspecified atom stereocenters. The molecule has 0 aliphatic carbocycles. The van der Waals surface area contributed by atoms with Crippen LogP contribution in [0, 0.1) is 10.1 Å². The highest BCUT2D eigenvalue weighted by Crippen LogP contribution is 2.34. The maximum atomic E-state index is 12.6. The number of esters is 1. The maximum Gasteiger partial charge on any atom is 0.343 e. The van der Waals surface area contributed by atoms with Gasteiger partial charge in [0.15, 0.2) is 17.3 Å². The highest BCUT2D eigenvalue weighted by molar-refractivity contribution is 5.96. The Kier molecular flexibility index (Phi) is 5.30. The van der Waals surface area contributed by atoms with Gasteiger partial charge >= 0.3 is 17.6 Å². The molecular formula is C20H13N3O8. The van der Waals surface area contributed by atoms with Crippen molar-refractivity contribution in [2.24, 2.45) is 5.10 Å². The molecule has 2 heterocycles. The summed E-state index contributed by atoms with van der Waals surface area (Å²) in [6, 6.07) is 11.4. The van der Waals surface area contributed by atoms with E-state index >= 15 is 0 Å². The molecule has 31 heavy (non-hydrogen) atoms. The summed E-state index contributed by atoms with van der Waals surface area (Å²) in [4.78, 5) is 35.2. The number of fused-ring (bicyclic) bond motifs is 1. The van der Waals surface area contributed by atoms with Crippen LogP contribution >= 0.6 is 0 Å². The number of carbonyl (C=O) groups excluding carboxylic acids is 2. The van der Waals surface area contributed by atoms with Crippen LogP contribution in [0.25, 0.3) is 0 Å². The van der Waals surface area contributed by atoms with Gasteiger partial charge in [-0.05, 0) is 36.4 Å². The Morgan fingerprint density at radius 1 is 1.13 bits per heavy atom. The molecule has 0 radical (unpaired) electrons. The number of nitro benzene ring substituents is 1. The number of nitrogens with one attached hydrogen (secondary N) is 1. The van der Waals surface area contributed by atoms with E-state index in [1.165, 1.54) is 54.8 Å². The molecule has 0 saturated heterocycles. The normalized spacial score (nSPS) is 12.0. The molecule has 0 saturated carbocycles. The van der Waals surface area contributed by atoms with E-state index in [-0.39, 0.29) is 29.4 Å². The Bertz CT molecular complexity index is 1190. The molecule has 0 atom stereocenters. The summed E-state index contributed by atoms with van der Waals surface area (Å²) in [6.07, 6.45) is 2.45. The van der Waals surface area contributed by atoms with E-state index < -0.39 is 22.5 Å². The van der Waals surface area contributed by atoms with Crippen LogP contribution in [0.2, 0.25) is 0 Å². The van der Waals surface area contributed by atoms with E-state index in [9.17, 15) is 19.7 Å². The van der Waals surface area contributed by atoms with Crippen molar-refractivity contribution in [1.29, 1.82) is 0 Å². The number of hydrogen-bond donors (Lipinski definition) is 1. The molecule has 1 aliphatic heterocycles. The fourth-order valence-electron chi connectivity index (χ4n) is 2.70. The maximum absolute atomic E-state index is 12.6. The first kappa shape index (κ1) is 19.6. The fourth-order valence-corrected chi connectivity index (χ4v) is 2.70. The van der Waals surface area contributed by atoms with Crippen molar-refractivity contribution in [2.75, 3.05) is 6.79 Å². The number of hydrazone groups is 1. The Labute approximate surface area is 174 Å². The number of nitro groups is 1. The van der Waals surface area contributed by atoms with Crippen LogP contribution in [-0.4, -0.2) is 29.8 Å². The zero-order chi connectivity index (χ0) is 21.8. The van der Waals surface area contributed by atoms with Crippen molar-refractivity contribution in [3.8, 4) is 17.2 Å². The molecule has 2 aromatic carbocycles. The van der Waals surface area contributed by atoms with Gasteiger partial charge in [-0.25, -0.2) is 10.2 Å². The van der Waals surface area contributed by atoms with Crippen LogP contribution < -0.4 is 19.6 Å². The fraction of sp³-hybridized carbons (Fsp3) is 0.0500. The van der Waals surface area contributed by atoms with Crippen molar-refractivity contribution in [3.63, 3.8) is 0 Å². The van der Waals surface area contributed by atoms with Crippen LogP contribution in [0.15, 0.2) is 64.3 Å². The number of para-hydroxylation sites is 1. The first-order valence-corrected chi connectivity index (χ1v) is 8.79. The molecule has 1 amide bonds. The number of benzene rings is 2. The summed E-state index contributed by atoms with van der Waals surface area (Å²) < 4.78 is 20.7. The lowest BCUT2D eigenvalue weighted by Gasteiger charge is -2.08.